The van der Waals surface area contributed by atoms with Crippen LogP contribution in [0.2, 0.25) is 0 Å². The lowest BCUT2D eigenvalue weighted by atomic mass is 10.1. The molecule has 10 heteroatoms. The van der Waals surface area contributed by atoms with Gasteiger partial charge in [-0.25, -0.2) is 13.2 Å². The highest BCUT2D eigenvalue weighted by Crippen LogP contribution is 2.30. The number of fused-ring (bicyclic) bond motifs is 1. The Hall–Kier alpha value is -2.46. The van der Waals surface area contributed by atoms with Gasteiger partial charge in [0.05, 0.1) is 17.2 Å². The second-order valence-corrected chi connectivity index (χ2v) is 11.0. The summed E-state index contributed by atoms with van der Waals surface area (Å²) in [6.07, 6.45) is 0.543. The Kier molecular flexibility index (Phi) is 5.09. The molecular formula is C20H23N3O5S2. The number of aryl methyl sites for hydroxylation is 3. The molecule has 3 aromatic heterocycles. The van der Waals surface area contributed by atoms with Crippen molar-refractivity contribution in [2.24, 2.45) is 7.05 Å². The molecule has 30 heavy (non-hydrogen) atoms. The van der Waals surface area contributed by atoms with Gasteiger partial charge in [-0.3, -0.25) is 9.48 Å². The molecule has 1 unspecified atom stereocenters. The quantitative estimate of drug-likeness (QED) is 0.439. The normalized spacial score (nSPS) is 18.2. The molecule has 160 valence electrons. The van der Waals surface area contributed by atoms with Gasteiger partial charge in [0.2, 0.25) is 5.78 Å². The SMILES string of the molecule is Cc1nn(C)c2sc(C(=O)OCC(=O)c3cc(C)n(C4CCS(=O)(=O)C4)c3C)cc12. The van der Waals surface area contributed by atoms with Crippen LogP contribution in [-0.4, -0.2) is 52.6 Å². The van der Waals surface area contributed by atoms with E-state index in [9.17, 15) is 18.0 Å². The van der Waals surface area contributed by atoms with Gasteiger partial charge in [0.25, 0.3) is 0 Å². The Balaban J connectivity index is 1.48. The molecule has 0 amide bonds. The van der Waals surface area contributed by atoms with Crippen LogP contribution in [0.5, 0.6) is 0 Å². The largest absolute Gasteiger partial charge is 0.453 e. The Morgan fingerprint density at radius 1 is 1.27 bits per heavy atom. The summed E-state index contributed by atoms with van der Waals surface area (Å²) >= 11 is 1.28. The van der Waals surface area contributed by atoms with Crippen molar-refractivity contribution in [1.82, 2.24) is 14.3 Å². The number of sulfone groups is 1. The predicted octanol–water partition coefficient (Wildman–Crippen LogP) is 2.76. The summed E-state index contributed by atoms with van der Waals surface area (Å²) in [6, 6.07) is 3.32. The van der Waals surface area contributed by atoms with Crippen molar-refractivity contribution in [3.63, 3.8) is 0 Å². The molecule has 1 aliphatic heterocycles. The lowest BCUT2D eigenvalue weighted by Crippen LogP contribution is -2.16. The van der Waals surface area contributed by atoms with Crippen LogP contribution in [0.1, 0.15) is 49.6 Å². The highest BCUT2D eigenvalue weighted by molar-refractivity contribution is 7.91. The van der Waals surface area contributed by atoms with E-state index in [0.717, 1.165) is 21.6 Å². The maximum Gasteiger partial charge on any atom is 0.348 e. The molecule has 8 nitrogen and oxygen atoms in total. The van der Waals surface area contributed by atoms with E-state index in [1.165, 1.54) is 11.3 Å². The summed E-state index contributed by atoms with van der Waals surface area (Å²) in [7, 11) is -1.22. The van der Waals surface area contributed by atoms with Gasteiger partial charge in [-0.05, 0) is 39.3 Å². The van der Waals surface area contributed by atoms with Gasteiger partial charge in [-0.2, -0.15) is 5.10 Å². The van der Waals surface area contributed by atoms with Crippen LogP contribution in [0.15, 0.2) is 12.1 Å². The second kappa shape index (κ2) is 7.35. The Bertz CT molecular complexity index is 1240. The number of ether oxygens (including phenoxy) is 1. The van der Waals surface area contributed by atoms with Crippen molar-refractivity contribution in [3.8, 4) is 0 Å². The first-order chi connectivity index (χ1) is 14.1. The summed E-state index contributed by atoms with van der Waals surface area (Å²) in [5.41, 5.74) is 2.83. The third kappa shape index (κ3) is 3.58. The molecule has 0 radical (unpaired) electrons. The zero-order valence-electron chi connectivity index (χ0n) is 17.3. The van der Waals surface area contributed by atoms with Crippen molar-refractivity contribution < 1.29 is 22.7 Å². The first-order valence-corrected chi connectivity index (χ1v) is 12.2. The van der Waals surface area contributed by atoms with E-state index in [-0.39, 0.29) is 29.9 Å². The van der Waals surface area contributed by atoms with Crippen LogP contribution < -0.4 is 0 Å². The van der Waals surface area contributed by atoms with Crippen molar-refractivity contribution in [2.75, 3.05) is 18.1 Å². The number of thiophene rings is 1. The summed E-state index contributed by atoms with van der Waals surface area (Å²) in [5, 5.41) is 5.21. The second-order valence-electron chi connectivity index (χ2n) is 7.75. The fourth-order valence-electron chi connectivity index (χ4n) is 4.19. The maximum absolute atomic E-state index is 12.7. The van der Waals surface area contributed by atoms with Crippen LogP contribution in [-0.2, 0) is 21.6 Å². The summed E-state index contributed by atoms with van der Waals surface area (Å²) in [4.78, 5) is 26.5. The molecular weight excluding hydrogens is 426 g/mol. The minimum atomic E-state index is -3.03. The van der Waals surface area contributed by atoms with Gasteiger partial charge in [-0.15, -0.1) is 11.3 Å². The number of Topliss-reactive ketones (excluding diaryl/α,β-unsaturated/α-hetero) is 1. The molecule has 0 bridgehead atoms. The summed E-state index contributed by atoms with van der Waals surface area (Å²) in [6.45, 7) is 5.17. The van der Waals surface area contributed by atoms with Gasteiger partial charge in [0.1, 0.15) is 9.71 Å². The highest BCUT2D eigenvalue weighted by Gasteiger charge is 2.31. The van der Waals surface area contributed by atoms with E-state index in [2.05, 4.69) is 5.10 Å². The highest BCUT2D eigenvalue weighted by atomic mass is 32.2. The standard InChI is InChI=1S/C20H23N3O5S2/c1-11-7-16(13(3)23(11)14-5-6-30(26,27)10-14)17(24)9-28-20(25)18-8-15-12(2)21-22(4)19(15)29-18/h7-8,14H,5-6,9-10H2,1-4H3. The smallest absolute Gasteiger partial charge is 0.348 e. The van der Waals surface area contributed by atoms with Crippen LogP contribution in [0, 0.1) is 20.8 Å². The number of aromatic nitrogens is 3. The van der Waals surface area contributed by atoms with Gasteiger partial charge in [0.15, 0.2) is 16.4 Å². The average molecular weight is 450 g/mol. The Morgan fingerprint density at radius 2 is 2.00 bits per heavy atom. The van der Waals surface area contributed by atoms with E-state index < -0.39 is 15.8 Å². The number of ketones is 1. The molecule has 0 spiro atoms. The number of carbonyl (C=O) groups excluding carboxylic acids is 2. The number of hydrogen-bond acceptors (Lipinski definition) is 7. The van der Waals surface area contributed by atoms with Crippen LogP contribution >= 0.6 is 11.3 Å². The topological polar surface area (TPSA) is 100 Å². The van der Waals surface area contributed by atoms with Gasteiger partial charge >= 0.3 is 5.97 Å². The van der Waals surface area contributed by atoms with E-state index in [1.54, 1.807) is 23.7 Å². The Morgan fingerprint density at radius 3 is 2.63 bits per heavy atom. The third-order valence-electron chi connectivity index (χ3n) is 5.59. The first kappa shape index (κ1) is 20.8. The lowest BCUT2D eigenvalue weighted by Gasteiger charge is -2.16. The number of hydrogen-bond donors (Lipinski definition) is 0. The number of nitrogens with zero attached hydrogens (tertiary/aromatic N) is 3. The van der Waals surface area contributed by atoms with Crippen molar-refractivity contribution >= 4 is 43.1 Å². The molecule has 1 atom stereocenters. The van der Waals surface area contributed by atoms with Gasteiger partial charge < -0.3 is 9.30 Å². The number of rotatable bonds is 5. The molecule has 1 aliphatic rings. The summed E-state index contributed by atoms with van der Waals surface area (Å²) < 4.78 is 32.6. The molecule has 0 aliphatic carbocycles. The maximum atomic E-state index is 12.7. The van der Waals surface area contributed by atoms with Crippen molar-refractivity contribution in [1.29, 1.82) is 0 Å². The molecule has 1 saturated heterocycles. The van der Waals surface area contributed by atoms with Crippen LogP contribution in [0.25, 0.3) is 10.2 Å². The minimum Gasteiger partial charge on any atom is -0.453 e. The summed E-state index contributed by atoms with van der Waals surface area (Å²) in [5.74, 6) is -0.589. The molecule has 0 saturated carbocycles. The van der Waals surface area contributed by atoms with Crippen molar-refractivity contribution in [3.05, 3.63) is 39.7 Å². The Labute approximate surface area is 178 Å². The van der Waals surface area contributed by atoms with Crippen LogP contribution in [0.4, 0.5) is 0 Å². The van der Waals surface area contributed by atoms with Crippen LogP contribution in [0.3, 0.4) is 0 Å². The van der Waals surface area contributed by atoms with Gasteiger partial charge in [-0.1, -0.05) is 0 Å². The minimum absolute atomic E-state index is 0.0895. The fourth-order valence-corrected chi connectivity index (χ4v) is 6.90. The van der Waals surface area contributed by atoms with E-state index in [4.69, 9.17) is 4.74 Å². The van der Waals surface area contributed by atoms with Gasteiger partial charge in [0, 0.05) is 35.4 Å². The van der Waals surface area contributed by atoms with E-state index in [0.29, 0.717) is 22.6 Å². The molecule has 3 aromatic rings. The predicted molar refractivity (Wildman–Crippen MR) is 114 cm³/mol. The fraction of sp³-hybridized carbons (Fsp3) is 0.450. The molecule has 0 N–H and O–H groups in total. The molecule has 4 heterocycles. The molecule has 4 rings (SSSR count). The third-order valence-corrected chi connectivity index (χ3v) is 8.52. The van der Waals surface area contributed by atoms with E-state index >= 15 is 0 Å². The number of esters is 1. The van der Waals surface area contributed by atoms with E-state index in [1.807, 2.05) is 25.5 Å². The zero-order chi connectivity index (χ0) is 21.8. The monoisotopic (exact) mass is 449 g/mol. The zero-order valence-corrected chi connectivity index (χ0v) is 18.9. The number of carbonyl (C=O) groups is 2. The average Bonchev–Trinajstić information content (AvgIpc) is 3.39. The van der Waals surface area contributed by atoms with Crippen molar-refractivity contribution in [2.45, 2.75) is 33.2 Å². The lowest BCUT2D eigenvalue weighted by molar-refractivity contribution is 0.0479. The first-order valence-electron chi connectivity index (χ1n) is 9.59. The molecule has 1 fully saturated rings. The molecule has 0 aromatic carbocycles.